The van der Waals surface area contributed by atoms with Crippen molar-refractivity contribution in [1.82, 2.24) is 0 Å². The minimum atomic E-state index is 0.471. The highest BCUT2D eigenvalue weighted by atomic mass is 35.5. The van der Waals surface area contributed by atoms with Gasteiger partial charge in [-0.15, -0.1) is 0 Å². The van der Waals surface area contributed by atoms with E-state index >= 15 is 0 Å². The maximum atomic E-state index is 5.95. The Labute approximate surface area is 106 Å². The standard InChI is InChI=1S/C13H15ClN2O/c1-16(9-12-3-2-6-17-12)13-5-4-11(14)7-10(13)8-15/h2-7H,8-9,15H2,1H3. The first-order chi connectivity index (χ1) is 8.20. The second-order valence-corrected chi connectivity index (χ2v) is 4.35. The Kier molecular flexibility index (Phi) is 3.71. The summed E-state index contributed by atoms with van der Waals surface area (Å²) in [4.78, 5) is 2.09. The van der Waals surface area contributed by atoms with Gasteiger partial charge in [0.1, 0.15) is 5.76 Å². The summed E-state index contributed by atoms with van der Waals surface area (Å²) >= 11 is 5.95. The molecule has 0 radical (unpaired) electrons. The largest absolute Gasteiger partial charge is 0.467 e. The molecule has 0 saturated heterocycles. The molecule has 0 aliphatic heterocycles. The van der Waals surface area contributed by atoms with Crippen LogP contribution in [0.25, 0.3) is 0 Å². The first-order valence-electron chi connectivity index (χ1n) is 5.42. The van der Waals surface area contributed by atoms with Crippen LogP contribution >= 0.6 is 11.6 Å². The smallest absolute Gasteiger partial charge is 0.123 e. The number of hydrogen-bond donors (Lipinski definition) is 1. The number of rotatable bonds is 4. The van der Waals surface area contributed by atoms with Crippen LogP contribution in [0.1, 0.15) is 11.3 Å². The Hall–Kier alpha value is -1.45. The van der Waals surface area contributed by atoms with Gasteiger partial charge in [-0.25, -0.2) is 0 Å². The van der Waals surface area contributed by atoms with E-state index in [4.69, 9.17) is 21.8 Å². The first kappa shape index (κ1) is 12.0. The van der Waals surface area contributed by atoms with Gasteiger partial charge in [0, 0.05) is 24.3 Å². The summed E-state index contributed by atoms with van der Waals surface area (Å²) < 4.78 is 5.32. The van der Waals surface area contributed by atoms with E-state index in [0.717, 1.165) is 17.0 Å². The molecule has 4 heteroatoms. The van der Waals surface area contributed by atoms with Gasteiger partial charge in [0.2, 0.25) is 0 Å². The third kappa shape index (κ3) is 2.81. The van der Waals surface area contributed by atoms with Crippen molar-refractivity contribution in [2.45, 2.75) is 13.1 Å². The fourth-order valence-electron chi connectivity index (χ4n) is 1.81. The molecular weight excluding hydrogens is 236 g/mol. The van der Waals surface area contributed by atoms with Crippen LogP contribution in [0, 0.1) is 0 Å². The molecule has 0 bridgehead atoms. The number of furan rings is 1. The van der Waals surface area contributed by atoms with Gasteiger partial charge in [0.05, 0.1) is 12.8 Å². The van der Waals surface area contributed by atoms with Crippen molar-refractivity contribution in [1.29, 1.82) is 0 Å². The van der Waals surface area contributed by atoms with Crippen molar-refractivity contribution in [3.63, 3.8) is 0 Å². The summed E-state index contributed by atoms with van der Waals surface area (Å²) in [6.45, 7) is 1.18. The topological polar surface area (TPSA) is 42.4 Å². The van der Waals surface area contributed by atoms with Crippen LogP contribution in [0.5, 0.6) is 0 Å². The summed E-state index contributed by atoms with van der Waals surface area (Å²) in [6, 6.07) is 9.58. The molecule has 17 heavy (non-hydrogen) atoms. The van der Waals surface area contributed by atoms with Crippen molar-refractivity contribution in [3.8, 4) is 0 Å². The number of halogens is 1. The molecule has 2 rings (SSSR count). The van der Waals surface area contributed by atoms with E-state index in [-0.39, 0.29) is 0 Å². The van der Waals surface area contributed by atoms with E-state index < -0.39 is 0 Å². The Morgan fingerprint density at radius 2 is 2.18 bits per heavy atom. The van der Waals surface area contributed by atoms with Crippen LogP contribution in [0.15, 0.2) is 41.0 Å². The van der Waals surface area contributed by atoms with Gasteiger partial charge >= 0.3 is 0 Å². The molecule has 2 N–H and O–H groups in total. The maximum absolute atomic E-state index is 5.95. The lowest BCUT2D eigenvalue weighted by Crippen LogP contribution is -2.18. The molecule has 0 fully saturated rings. The molecule has 2 aromatic rings. The SMILES string of the molecule is CN(Cc1ccco1)c1ccc(Cl)cc1CN. The van der Waals surface area contributed by atoms with Gasteiger partial charge in [0.25, 0.3) is 0 Å². The number of nitrogens with zero attached hydrogens (tertiary/aromatic N) is 1. The zero-order chi connectivity index (χ0) is 12.3. The molecule has 0 unspecified atom stereocenters. The molecule has 0 aliphatic carbocycles. The first-order valence-corrected chi connectivity index (χ1v) is 5.80. The molecule has 1 aromatic carbocycles. The third-order valence-electron chi connectivity index (χ3n) is 2.65. The molecular formula is C13H15ClN2O. The minimum absolute atomic E-state index is 0.471. The molecule has 0 aliphatic rings. The molecule has 3 nitrogen and oxygen atoms in total. The molecule has 90 valence electrons. The predicted molar refractivity (Wildman–Crippen MR) is 70.2 cm³/mol. The Morgan fingerprint density at radius 1 is 1.35 bits per heavy atom. The lowest BCUT2D eigenvalue weighted by molar-refractivity contribution is 0.507. The van der Waals surface area contributed by atoms with Crippen LogP contribution in [0.4, 0.5) is 5.69 Å². The van der Waals surface area contributed by atoms with Crippen LogP contribution < -0.4 is 10.6 Å². The van der Waals surface area contributed by atoms with Crippen LogP contribution in [0.2, 0.25) is 5.02 Å². The highest BCUT2D eigenvalue weighted by Crippen LogP contribution is 2.24. The Morgan fingerprint density at radius 3 is 2.82 bits per heavy atom. The quantitative estimate of drug-likeness (QED) is 0.907. The summed E-state index contributed by atoms with van der Waals surface area (Å²) in [7, 11) is 2.00. The fraction of sp³-hybridized carbons (Fsp3) is 0.231. The Bertz CT molecular complexity index is 482. The highest BCUT2D eigenvalue weighted by molar-refractivity contribution is 6.30. The highest BCUT2D eigenvalue weighted by Gasteiger charge is 2.08. The second kappa shape index (κ2) is 5.25. The van der Waals surface area contributed by atoms with E-state index in [9.17, 15) is 0 Å². The van der Waals surface area contributed by atoms with Gasteiger partial charge < -0.3 is 15.1 Å². The lowest BCUT2D eigenvalue weighted by atomic mass is 10.1. The molecule has 0 spiro atoms. The Balaban J connectivity index is 2.21. The normalized spacial score (nSPS) is 10.5. The summed E-state index contributed by atoms with van der Waals surface area (Å²) in [5.74, 6) is 0.922. The average molecular weight is 251 g/mol. The van der Waals surface area contributed by atoms with E-state index in [1.807, 2.05) is 37.4 Å². The van der Waals surface area contributed by atoms with Crippen molar-refractivity contribution in [3.05, 3.63) is 52.9 Å². The number of anilines is 1. The molecule has 0 atom stereocenters. The number of nitrogens with two attached hydrogens (primary N) is 1. The molecule has 0 saturated carbocycles. The van der Waals surface area contributed by atoms with Crippen molar-refractivity contribution >= 4 is 17.3 Å². The average Bonchev–Trinajstić information content (AvgIpc) is 2.81. The second-order valence-electron chi connectivity index (χ2n) is 3.91. The lowest BCUT2D eigenvalue weighted by Gasteiger charge is -2.21. The van der Waals surface area contributed by atoms with Crippen LogP contribution in [-0.4, -0.2) is 7.05 Å². The van der Waals surface area contributed by atoms with Crippen molar-refractivity contribution in [2.75, 3.05) is 11.9 Å². The predicted octanol–water partition coefficient (Wildman–Crippen LogP) is 3.03. The molecule has 0 amide bonds. The van der Waals surface area contributed by atoms with Crippen molar-refractivity contribution in [2.24, 2.45) is 5.73 Å². The van der Waals surface area contributed by atoms with E-state index in [2.05, 4.69) is 4.90 Å². The van der Waals surface area contributed by atoms with E-state index in [1.54, 1.807) is 6.26 Å². The summed E-state index contributed by atoms with van der Waals surface area (Å²) in [5.41, 5.74) is 7.83. The van der Waals surface area contributed by atoms with E-state index in [0.29, 0.717) is 18.1 Å². The van der Waals surface area contributed by atoms with Gasteiger partial charge in [-0.1, -0.05) is 11.6 Å². The maximum Gasteiger partial charge on any atom is 0.123 e. The van der Waals surface area contributed by atoms with Crippen LogP contribution in [-0.2, 0) is 13.1 Å². The molecule has 1 aromatic heterocycles. The zero-order valence-corrected chi connectivity index (χ0v) is 10.4. The fourth-order valence-corrected chi connectivity index (χ4v) is 2.01. The van der Waals surface area contributed by atoms with Gasteiger partial charge in [-0.05, 0) is 35.9 Å². The zero-order valence-electron chi connectivity index (χ0n) is 9.69. The number of hydrogen-bond acceptors (Lipinski definition) is 3. The van der Waals surface area contributed by atoms with E-state index in [1.165, 1.54) is 0 Å². The van der Waals surface area contributed by atoms with Gasteiger partial charge in [-0.3, -0.25) is 0 Å². The van der Waals surface area contributed by atoms with Gasteiger partial charge in [-0.2, -0.15) is 0 Å². The van der Waals surface area contributed by atoms with Crippen molar-refractivity contribution < 1.29 is 4.42 Å². The molecule has 1 heterocycles. The number of benzene rings is 1. The monoisotopic (exact) mass is 250 g/mol. The summed E-state index contributed by atoms with van der Waals surface area (Å²) in [6.07, 6.45) is 1.68. The van der Waals surface area contributed by atoms with Gasteiger partial charge in [0.15, 0.2) is 0 Å². The van der Waals surface area contributed by atoms with Crippen LogP contribution in [0.3, 0.4) is 0 Å². The summed E-state index contributed by atoms with van der Waals surface area (Å²) in [5, 5.41) is 0.709. The third-order valence-corrected chi connectivity index (χ3v) is 2.88. The minimum Gasteiger partial charge on any atom is -0.467 e.